The standard InChI is InChI=1S/C39H45F13N2O3Si/c1-4-5-8-11-24(2)12-9-6-7-10-13-25(3)58-33-56-30-19-16-27(20-31(30)57-33)32-53-21-28(22-54-32)26-14-17-29(18-15-26)55-23-34(40,41)35(42,43)36(44,45)37(46,47)38(48,49)39(50,51)52/h14-22,24-25,33H,4-13,23,58H2,1-3H3. The second-order valence-electron chi connectivity index (χ2n) is 14.9. The first-order valence-corrected chi connectivity index (χ1v) is 20.6. The number of benzene rings is 2. The van der Waals surface area contributed by atoms with Crippen molar-refractivity contribution < 1.29 is 71.3 Å². The number of alkyl halides is 13. The Morgan fingerprint density at radius 2 is 1.16 bits per heavy atom. The van der Waals surface area contributed by atoms with Crippen LogP contribution in [0.3, 0.4) is 0 Å². The van der Waals surface area contributed by atoms with Gasteiger partial charge in [0.25, 0.3) is 0 Å². The molecule has 3 unspecified atom stereocenters. The van der Waals surface area contributed by atoms with E-state index < -0.39 is 57.7 Å². The fourth-order valence-electron chi connectivity index (χ4n) is 6.35. The number of unbranched alkanes of at least 4 members (excludes halogenated alkanes) is 5. The Labute approximate surface area is 329 Å². The molecular formula is C39H45F13N2O3Si. The molecular weight excluding hydrogens is 820 g/mol. The third-order valence-corrected chi connectivity index (χ3v) is 11.9. The van der Waals surface area contributed by atoms with Gasteiger partial charge in [0.2, 0.25) is 5.91 Å². The van der Waals surface area contributed by atoms with Crippen molar-refractivity contribution in [2.24, 2.45) is 5.92 Å². The van der Waals surface area contributed by atoms with Crippen molar-refractivity contribution in [3.8, 4) is 39.8 Å². The third kappa shape index (κ3) is 10.5. The lowest BCUT2D eigenvalue weighted by Gasteiger charge is -2.39. The van der Waals surface area contributed by atoms with Gasteiger partial charge in [-0.05, 0) is 47.4 Å². The molecule has 0 radical (unpaired) electrons. The third-order valence-electron chi connectivity index (χ3n) is 10.0. The predicted molar refractivity (Wildman–Crippen MR) is 193 cm³/mol. The highest BCUT2D eigenvalue weighted by Gasteiger charge is 2.90. The minimum atomic E-state index is -7.97. The van der Waals surface area contributed by atoms with Crippen LogP contribution in [0.4, 0.5) is 57.1 Å². The number of rotatable bonds is 22. The number of hydrogen-bond acceptors (Lipinski definition) is 5. The smallest absolute Gasteiger partial charge is 0.460 e. The molecule has 3 atom stereocenters. The second-order valence-corrected chi connectivity index (χ2v) is 17.4. The van der Waals surface area contributed by atoms with Crippen LogP contribution in [0, 0.1) is 5.92 Å². The first kappa shape index (κ1) is 46.9. The summed E-state index contributed by atoms with van der Waals surface area (Å²) in [7, 11) is -0.738. The van der Waals surface area contributed by atoms with Crippen molar-refractivity contribution in [3.63, 3.8) is 0 Å². The Kier molecular flexibility index (Phi) is 15.1. The van der Waals surface area contributed by atoms with E-state index in [-0.39, 0.29) is 5.91 Å². The lowest BCUT2D eigenvalue weighted by atomic mass is 9.94. The van der Waals surface area contributed by atoms with Crippen LogP contribution < -0.4 is 14.2 Å². The molecule has 0 spiro atoms. The maximum Gasteiger partial charge on any atom is 0.460 e. The van der Waals surface area contributed by atoms with Crippen LogP contribution in [-0.2, 0) is 0 Å². The van der Waals surface area contributed by atoms with Gasteiger partial charge in [0, 0.05) is 23.5 Å². The Hall–Kier alpha value is -3.77. The van der Waals surface area contributed by atoms with Crippen LogP contribution in [0.25, 0.3) is 22.5 Å². The molecule has 4 rings (SSSR count). The summed E-state index contributed by atoms with van der Waals surface area (Å²) < 4.78 is 190. The first-order chi connectivity index (χ1) is 26.9. The van der Waals surface area contributed by atoms with Crippen molar-refractivity contribution >= 4 is 9.52 Å². The van der Waals surface area contributed by atoms with E-state index in [1.54, 1.807) is 18.2 Å². The number of fused-ring (bicyclic) bond motifs is 1. The van der Waals surface area contributed by atoms with Gasteiger partial charge < -0.3 is 14.2 Å². The number of nitrogens with zero attached hydrogens (tertiary/aromatic N) is 2. The van der Waals surface area contributed by atoms with Gasteiger partial charge >= 0.3 is 35.8 Å². The molecule has 0 saturated carbocycles. The number of hydrogen-bond donors (Lipinski definition) is 0. The Morgan fingerprint density at radius 3 is 1.74 bits per heavy atom. The highest BCUT2D eigenvalue weighted by atomic mass is 28.2. The molecule has 1 aromatic heterocycles. The Morgan fingerprint density at radius 1 is 0.621 bits per heavy atom. The molecule has 0 aliphatic carbocycles. The molecule has 1 aliphatic heterocycles. The summed E-state index contributed by atoms with van der Waals surface area (Å²) in [6.45, 7) is 4.01. The maximum absolute atomic E-state index is 14.1. The Bertz CT molecular complexity index is 1760. The van der Waals surface area contributed by atoms with E-state index in [0.717, 1.165) is 24.5 Å². The van der Waals surface area contributed by atoms with Gasteiger partial charge in [-0.25, -0.2) is 9.97 Å². The normalized spacial score (nSPS) is 16.6. The summed E-state index contributed by atoms with van der Waals surface area (Å²) in [4.78, 5) is 8.65. The van der Waals surface area contributed by atoms with Gasteiger partial charge in [-0.3, -0.25) is 0 Å². The lowest BCUT2D eigenvalue weighted by Crippen LogP contribution is -2.70. The zero-order valence-electron chi connectivity index (χ0n) is 31.9. The maximum atomic E-state index is 14.1. The van der Waals surface area contributed by atoms with Crippen LogP contribution in [0.5, 0.6) is 17.2 Å². The fraction of sp³-hybridized carbons (Fsp3) is 0.590. The molecule has 324 valence electrons. The van der Waals surface area contributed by atoms with Gasteiger partial charge in [0.05, 0.1) is 0 Å². The zero-order chi connectivity index (χ0) is 43.2. The van der Waals surface area contributed by atoms with Gasteiger partial charge in [0.15, 0.2) is 23.9 Å². The zero-order valence-corrected chi connectivity index (χ0v) is 33.4. The topological polar surface area (TPSA) is 53.5 Å². The van der Waals surface area contributed by atoms with E-state index in [9.17, 15) is 57.1 Å². The molecule has 19 heteroatoms. The largest absolute Gasteiger partial charge is 0.487 e. The molecule has 5 nitrogen and oxygen atoms in total. The monoisotopic (exact) mass is 864 g/mol. The van der Waals surface area contributed by atoms with Gasteiger partial charge in [-0.1, -0.05) is 97.1 Å². The van der Waals surface area contributed by atoms with Crippen LogP contribution in [0.2, 0.25) is 5.54 Å². The Balaban J connectivity index is 1.27. The molecule has 0 saturated heterocycles. The molecule has 0 N–H and O–H groups in total. The van der Waals surface area contributed by atoms with Gasteiger partial charge in [-0.2, -0.15) is 57.1 Å². The minimum absolute atomic E-state index is 0.302. The van der Waals surface area contributed by atoms with Crippen molar-refractivity contribution in [1.29, 1.82) is 0 Å². The fourth-order valence-corrected chi connectivity index (χ4v) is 8.08. The van der Waals surface area contributed by atoms with Crippen molar-refractivity contribution in [3.05, 3.63) is 54.9 Å². The highest BCUT2D eigenvalue weighted by Crippen LogP contribution is 2.60. The summed E-state index contributed by atoms with van der Waals surface area (Å²) in [5, 5.41) is 0. The summed E-state index contributed by atoms with van der Waals surface area (Å²) in [5.41, 5.74) is 1.81. The number of halogens is 13. The molecule has 0 amide bonds. The highest BCUT2D eigenvalue weighted by molar-refractivity contribution is 6.38. The van der Waals surface area contributed by atoms with Crippen molar-refractivity contribution in [1.82, 2.24) is 9.97 Å². The van der Waals surface area contributed by atoms with E-state index in [0.29, 0.717) is 39.6 Å². The number of aromatic nitrogens is 2. The summed E-state index contributed by atoms with van der Waals surface area (Å²) in [5.74, 6) is -36.2. The summed E-state index contributed by atoms with van der Waals surface area (Å²) >= 11 is 0. The van der Waals surface area contributed by atoms with E-state index in [4.69, 9.17) is 9.47 Å². The lowest BCUT2D eigenvalue weighted by molar-refractivity contribution is -0.440. The van der Waals surface area contributed by atoms with E-state index in [1.807, 2.05) is 0 Å². The second kappa shape index (κ2) is 18.7. The van der Waals surface area contributed by atoms with Crippen molar-refractivity contribution in [2.45, 2.75) is 132 Å². The van der Waals surface area contributed by atoms with Crippen LogP contribution in [0.1, 0.15) is 85.0 Å². The molecule has 1 aliphatic rings. The molecule has 0 bridgehead atoms. The molecule has 0 fully saturated rings. The quantitative estimate of drug-likeness (QED) is 0.0572. The van der Waals surface area contributed by atoms with Crippen molar-refractivity contribution in [2.75, 3.05) is 6.61 Å². The van der Waals surface area contributed by atoms with Crippen LogP contribution in [0.15, 0.2) is 54.9 Å². The summed E-state index contributed by atoms with van der Waals surface area (Å²) in [6, 6.07) is 9.39. The van der Waals surface area contributed by atoms with E-state index >= 15 is 0 Å². The minimum Gasteiger partial charge on any atom is -0.487 e. The van der Waals surface area contributed by atoms with E-state index in [1.165, 1.54) is 82.3 Å². The van der Waals surface area contributed by atoms with Gasteiger partial charge in [0.1, 0.15) is 15.3 Å². The van der Waals surface area contributed by atoms with Gasteiger partial charge in [-0.15, -0.1) is 0 Å². The first-order valence-electron chi connectivity index (χ1n) is 18.9. The SMILES string of the molecule is CCCCCC(C)CCCCCCC(C)[SiH2]C1Oc2ccc(-c3ncc(-c4ccc(OCC(F)(F)C(F)(F)C(F)(F)C(F)(F)C(F)(F)C(F)(F)F)cc4)cn3)cc2O1. The average molecular weight is 865 g/mol. The predicted octanol–water partition coefficient (Wildman–Crippen LogP) is 12.5. The van der Waals surface area contributed by atoms with E-state index in [2.05, 4.69) is 35.5 Å². The molecule has 58 heavy (non-hydrogen) atoms. The van der Waals surface area contributed by atoms with Crippen LogP contribution in [-0.4, -0.2) is 67.8 Å². The average Bonchev–Trinajstić information content (AvgIpc) is 3.56. The molecule has 3 aromatic rings. The molecule has 2 heterocycles. The summed E-state index contributed by atoms with van der Waals surface area (Å²) in [6.07, 6.45) is 7.83. The number of ether oxygens (including phenoxy) is 3. The molecule has 2 aromatic carbocycles. The van der Waals surface area contributed by atoms with Crippen LogP contribution >= 0.6 is 0 Å².